The molecule has 0 saturated carbocycles. The summed E-state index contributed by atoms with van der Waals surface area (Å²) in [6, 6.07) is 14.8. The van der Waals surface area contributed by atoms with Crippen molar-refractivity contribution >= 4 is 17.3 Å². The van der Waals surface area contributed by atoms with Gasteiger partial charge in [-0.2, -0.15) is 0 Å². The average Bonchev–Trinajstić information content (AvgIpc) is 3.16. The molecule has 28 heavy (non-hydrogen) atoms. The maximum absolute atomic E-state index is 12.3. The van der Waals surface area contributed by atoms with E-state index in [1.54, 1.807) is 32.4 Å². The normalized spacial score (nSPS) is 10.4. The van der Waals surface area contributed by atoms with Gasteiger partial charge in [-0.05, 0) is 42.5 Å². The number of carbonyl (C=O) groups excluding carboxylic acids is 1. The largest absolute Gasteiger partial charge is 0.493 e. The van der Waals surface area contributed by atoms with Gasteiger partial charge in [-0.15, -0.1) is 0 Å². The lowest BCUT2D eigenvalue weighted by Crippen LogP contribution is -2.15. The molecule has 2 aromatic carbocycles. The number of rotatable bonds is 7. The Morgan fingerprint density at radius 3 is 2.39 bits per heavy atom. The first-order chi connectivity index (χ1) is 13.5. The Labute approximate surface area is 163 Å². The number of methoxy groups -OCH3 is 2. The Balaban J connectivity index is 1.66. The monoisotopic (exact) mass is 381 g/mol. The van der Waals surface area contributed by atoms with Crippen LogP contribution in [0.1, 0.15) is 5.69 Å². The van der Waals surface area contributed by atoms with Crippen LogP contribution < -0.4 is 19.7 Å². The molecular formula is C21H23N3O4. The topological polar surface area (TPSA) is 76.8 Å². The number of carbonyl (C=O) groups is 1. The molecule has 1 N–H and O–H groups in total. The van der Waals surface area contributed by atoms with Crippen molar-refractivity contribution in [2.75, 3.05) is 38.5 Å². The summed E-state index contributed by atoms with van der Waals surface area (Å²) in [7, 11) is 7.09. The van der Waals surface area contributed by atoms with Crippen molar-refractivity contribution in [2.45, 2.75) is 6.42 Å². The van der Waals surface area contributed by atoms with Crippen LogP contribution in [0.2, 0.25) is 0 Å². The zero-order valence-electron chi connectivity index (χ0n) is 16.4. The molecule has 0 aliphatic carbocycles. The fourth-order valence-electron chi connectivity index (χ4n) is 2.73. The van der Waals surface area contributed by atoms with Crippen molar-refractivity contribution in [3.8, 4) is 22.8 Å². The standard InChI is InChI=1S/C21H23N3O4/c1-24(2)17-8-6-15(7-9-17)22-21(25)13-16-12-19(28-23-16)14-5-10-18(26-3)20(11-14)27-4/h5-12H,13H2,1-4H3,(H,22,25). The van der Waals surface area contributed by atoms with E-state index in [1.165, 1.54) is 0 Å². The lowest BCUT2D eigenvalue weighted by molar-refractivity contribution is -0.115. The quantitative estimate of drug-likeness (QED) is 0.674. The van der Waals surface area contributed by atoms with Crippen LogP contribution >= 0.6 is 0 Å². The lowest BCUT2D eigenvalue weighted by atomic mass is 10.1. The number of benzene rings is 2. The molecule has 0 spiro atoms. The Morgan fingerprint density at radius 2 is 1.75 bits per heavy atom. The van der Waals surface area contributed by atoms with Crippen molar-refractivity contribution in [1.82, 2.24) is 5.16 Å². The van der Waals surface area contributed by atoms with Crippen molar-refractivity contribution in [3.05, 3.63) is 54.2 Å². The van der Waals surface area contributed by atoms with Crippen LogP contribution in [-0.2, 0) is 11.2 Å². The second kappa shape index (κ2) is 8.47. The molecule has 146 valence electrons. The molecule has 0 unspecified atom stereocenters. The van der Waals surface area contributed by atoms with Gasteiger partial charge in [0.15, 0.2) is 17.3 Å². The number of nitrogens with one attached hydrogen (secondary N) is 1. The smallest absolute Gasteiger partial charge is 0.230 e. The van der Waals surface area contributed by atoms with Crippen LogP contribution in [0.25, 0.3) is 11.3 Å². The summed E-state index contributed by atoms with van der Waals surface area (Å²) in [6.45, 7) is 0. The van der Waals surface area contributed by atoms with Crippen molar-refractivity contribution in [3.63, 3.8) is 0 Å². The highest BCUT2D eigenvalue weighted by Gasteiger charge is 2.13. The maximum atomic E-state index is 12.3. The summed E-state index contributed by atoms with van der Waals surface area (Å²) >= 11 is 0. The number of hydrogen-bond donors (Lipinski definition) is 1. The number of anilines is 2. The number of ether oxygens (including phenoxy) is 2. The van der Waals surface area contributed by atoms with Crippen LogP contribution in [-0.4, -0.2) is 39.4 Å². The highest BCUT2D eigenvalue weighted by Crippen LogP contribution is 2.32. The van der Waals surface area contributed by atoms with E-state index in [0.29, 0.717) is 23.0 Å². The number of aromatic nitrogens is 1. The minimum absolute atomic E-state index is 0.117. The van der Waals surface area contributed by atoms with Gasteiger partial charge in [0.25, 0.3) is 0 Å². The number of nitrogens with zero attached hydrogens (tertiary/aromatic N) is 2. The van der Waals surface area contributed by atoms with E-state index in [0.717, 1.165) is 16.9 Å². The first kappa shape index (κ1) is 19.3. The summed E-state index contributed by atoms with van der Waals surface area (Å²) in [6.07, 6.45) is 0.117. The SMILES string of the molecule is COc1ccc(-c2cc(CC(=O)Nc3ccc(N(C)C)cc3)no2)cc1OC. The average molecular weight is 381 g/mol. The zero-order valence-corrected chi connectivity index (χ0v) is 16.4. The summed E-state index contributed by atoms with van der Waals surface area (Å²) < 4.78 is 15.9. The lowest BCUT2D eigenvalue weighted by Gasteiger charge is -2.12. The molecule has 0 bridgehead atoms. The molecule has 1 aromatic heterocycles. The van der Waals surface area contributed by atoms with E-state index in [1.807, 2.05) is 49.3 Å². The van der Waals surface area contributed by atoms with Crippen LogP contribution in [0, 0.1) is 0 Å². The van der Waals surface area contributed by atoms with Crippen LogP contribution in [0.4, 0.5) is 11.4 Å². The van der Waals surface area contributed by atoms with Gasteiger partial charge in [-0.3, -0.25) is 4.79 Å². The molecule has 0 aliphatic heterocycles. The van der Waals surface area contributed by atoms with Crippen molar-refractivity contribution in [2.24, 2.45) is 0 Å². The highest BCUT2D eigenvalue weighted by molar-refractivity contribution is 5.92. The van der Waals surface area contributed by atoms with Crippen LogP contribution in [0.15, 0.2) is 53.1 Å². The summed E-state index contributed by atoms with van der Waals surface area (Å²) in [5.41, 5.74) is 3.14. The fraction of sp³-hybridized carbons (Fsp3) is 0.238. The van der Waals surface area contributed by atoms with Gasteiger partial charge in [0.2, 0.25) is 5.91 Å². The molecule has 7 nitrogen and oxygen atoms in total. The van der Waals surface area contributed by atoms with E-state index in [4.69, 9.17) is 14.0 Å². The molecule has 7 heteroatoms. The predicted octanol–water partition coefficient (Wildman–Crippen LogP) is 3.61. The fourth-order valence-corrected chi connectivity index (χ4v) is 2.73. The van der Waals surface area contributed by atoms with Gasteiger partial charge in [-0.25, -0.2) is 0 Å². The summed E-state index contributed by atoms with van der Waals surface area (Å²) in [5.74, 6) is 1.62. The third kappa shape index (κ3) is 4.43. The van der Waals surface area contributed by atoms with E-state index < -0.39 is 0 Å². The van der Waals surface area contributed by atoms with Gasteiger partial charge in [0.1, 0.15) is 0 Å². The third-order valence-corrected chi connectivity index (χ3v) is 4.24. The Hall–Kier alpha value is -3.48. The minimum Gasteiger partial charge on any atom is -0.493 e. The summed E-state index contributed by atoms with van der Waals surface area (Å²) in [4.78, 5) is 14.3. The zero-order chi connectivity index (χ0) is 20.1. The van der Waals surface area contributed by atoms with Crippen molar-refractivity contribution < 1.29 is 18.8 Å². The van der Waals surface area contributed by atoms with E-state index >= 15 is 0 Å². The predicted molar refractivity (Wildman–Crippen MR) is 108 cm³/mol. The second-order valence-corrected chi connectivity index (χ2v) is 6.42. The first-order valence-electron chi connectivity index (χ1n) is 8.75. The number of amides is 1. The molecule has 0 fully saturated rings. The minimum atomic E-state index is -0.162. The maximum Gasteiger partial charge on any atom is 0.230 e. The first-order valence-corrected chi connectivity index (χ1v) is 8.75. The Bertz CT molecular complexity index is 949. The molecule has 0 saturated heterocycles. The molecule has 0 aliphatic rings. The number of hydrogen-bond acceptors (Lipinski definition) is 6. The van der Waals surface area contributed by atoms with Gasteiger partial charge in [-0.1, -0.05) is 5.16 Å². The van der Waals surface area contributed by atoms with Crippen LogP contribution in [0.3, 0.4) is 0 Å². The Kier molecular flexibility index (Phi) is 5.84. The van der Waals surface area contributed by atoms with E-state index in [2.05, 4.69) is 10.5 Å². The molecule has 0 radical (unpaired) electrons. The molecular weight excluding hydrogens is 358 g/mol. The second-order valence-electron chi connectivity index (χ2n) is 6.42. The van der Waals surface area contributed by atoms with Gasteiger partial charge < -0.3 is 24.2 Å². The molecule has 3 aromatic rings. The molecule has 3 rings (SSSR count). The third-order valence-electron chi connectivity index (χ3n) is 4.24. The van der Waals surface area contributed by atoms with E-state index in [-0.39, 0.29) is 12.3 Å². The van der Waals surface area contributed by atoms with E-state index in [9.17, 15) is 4.79 Å². The molecule has 0 atom stereocenters. The molecule has 1 amide bonds. The molecule has 1 heterocycles. The van der Waals surface area contributed by atoms with Crippen LogP contribution in [0.5, 0.6) is 11.5 Å². The van der Waals surface area contributed by atoms with Crippen molar-refractivity contribution in [1.29, 1.82) is 0 Å². The van der Waals surface area contributed by atoms with Gasteiger partial charge in [0.05, 0.1) is 26.3 Å². The van der Waals surface area contributed by atoms with Gasteiger partial charge >= 0.3 is 0 Å². The summed E-state index contributed by atoms with van der Waals surface area (Å²) in [5, 5.41) is 6.86. The van der Waals surface area contributed by atoms with Gasteiger partial charge in [0, 0.05) is 37.1 Å². The Morgan fingerprint density at radius 1 is 1.04 bits per heavy atom. The highest BCUT2D eigenvalue weighted by atomic mass is 16.5.